The van der Waals surface area contributed by atoms with Crippen LogP contribution in [0.2, 0.25) is 0 Å². The Labute approximate surface area is 191 Å². The van der Waals surface area contributed by atoms with E-state index in [0.29, 0.717) is 5.69 Å². The molecule has 3 aromatic carbocycles. The van der Waals surface area contributed by atoms with E-state index >= 15 is 0 Å². The molecular formula is C26H23N3O4. The van der Waals surface area contributed by atoms with E-state index in [0.717, 1.165) is 10.5 Å². The van der Waals surface area contributed by atoms with E-state index in [9.17, 15) is 19.2 Å². The molecule has 0 saturated heterocycles. The second-order valence-corrected chi connectivity index (χ2v) is 7.84. The molecule has 166 valence electrons. The summed E-state index contributed by atoms with van der Waals surface area (Å²) < 4.78 is 0. The zero-order valence-corrected chi connectivity index (χ0v) is 18.2. The van der Waals surface area contributed by atoms with Crippen LogP contribution in [0.25, 0.3) is 0 Å². The van der Waals surface area contributed by atoms with E-state index in [1.165, 1.54) is 6.92 Å². The Bertz CT molecular complexity index is 1200. The number of para-hydroxylation sites is 1. The summed E-state index contributed by atoms with van der Waals surface area (Å²) in [4.78, 5) is 52.2. The van der Waals surface area contributed by atoms with Crippen molar-refractivity contribution in [3.05, 3.63) is 101 Å². The SMILES string of the molecule is CC(NC(=O)c1ccccc1NC(=O)C(C)N1C(=O)c2ccccc2C1=O)c1ccccc1. The van der Waals surface area contributed by atoms with Crippen molar-refractivity contribution in [2.24, 2.45) is 0 Å². The summed E-state index contributed by atoms with van der Waals surface area (Å²) in [6.07, 6.45) is 0. The highest BCUT2D eigenvalue weighted by Gasteiger charge is 2.40. The number of carbonyl (C=O) groups is 4. The fourth-order valence-electron chi connectivity index (χ4n) is 3.80. The first kappa shape index (κ1) is 22.0. The van der Waals surface area contributed by atoms with Gasteiger partial charge >= 0.3 is 0 Å². The fraction of sp³-hybridized carbons (Fsp3) is 0.154. The predicted molar refractivity (Wildman–Crippen MR) is 124 cm³/mol. The zero-order chi connectivity index (χ0) is 23.5. The molecule has 2 atom stereocenters. The van der Waals surface area contributed by atoms with Crippen LogP contribution >= 0.6 is 0 Å². The summed E-state index contributed by atoms with van der Waals surface area (Å²) >= 11 is 0. The lowest BCUT2D eigenvalue weighted by atomic mass is 10.1. The number of hydrogen-bond acceptors (Lipinski definition) is 4. The average Bonchev–Trinajstić information content (AvgIpc) is 3.09. The third kappa shape index (κ3) is 4.25. The zero-order valence-electron chi connectivity index (χ0n) is 18.2. The number of imide groups is 1. The maximum atomic E-state index is 13.0. The van der Waals surface area contributed by atoms with Gasteiger partial charge in [-0.25, -0.2) is 0 Å². The van der Waals surface area contributed by atoms with Crippen LogP contribution in [0.1, 0.15) is 56.5 Å². The molecule has 2 N–H and O–H groups in total. The molecule has 0 aliphatic carbocycles. The fourth-order valence-corrected chi connectivity index (χ4v) is 3.80. The van der Waals surface area contributed by atoms with Crippen LogP contribution in [0.4, 0.5) is 5.69 Å². The molecule has 1 aliphatic heterocycles. The second kappa shape index (κ2) is 9.08. The van der Waals surface area contributed by atoms with Crippen molar-refractivity contribution in [2.45, 2.75) is 25.9 Å². The average molecular weight is 441 g/mol. The highest BCUT2D eigenvalue weighted by Crippen LogP contribution is 2.25. The van der Waals surface area contributed by atoms with Crippen LogP contribution in [0, 0.1) is 0 Å². The predicted octanol–water partition coefficient (Wildman–Crippen LogP) is 3.80. The molecule has 0 radical (unpaired) electrons. The maximum Gasteiger partial charge on any atom is 0.262 e. The van der Waals surface area contributed by atoms with Gasteiger partial charge in [-0.05, 0) is 43.7 Å². The molecule has 4 amide bonds. The van der Waals surface area contributed by atoms with Gasteiger partial charge in [-0.3, -0.25) is 24.1 Å². The number of fused-ring (bicyclic) bond motifs is 1. The summed E-state index contributed by atoms with van der Waals surface area (Å²) in [6, 6.07) is 21.3. The Morgan fingerprint density at radius 3 is 1.94 bits per heavy atom. The van der Waals surface area contributed by atoms with Gasteiger partial charge in [-0.15, -0.1) is 0 Å². The number of benzene rings is 3. The Balaban J connectivity index is 1.50. The van der Waals surface area contributed by atoms with Crippen LogP contribution in [0.15, 0.2) is 78.9 Å². The lowest BCUT2D eigenvalue weighted by Gasteiger charge is -2.22. The topological polar surface area (TPSA) is 95.6 Å². The molecule has 4 rings (SSSR count). The number of rotatable bonds is 6. The molecule has 0 spiro atoms. The monoisotopic (exact) mass is 441 g/mol. The summed E-state index contributed by atoms with van der Waals surface area (Å²) in [5.74, 6) is -1.95. The Morgan fingerprint density at radius 2 is 1.30 bits per heavy atom. The third-order valence-electron chi connectivity index (χ3n) is 5.67. The summed E-state index contributed by atoms with van der Waals surface area (Å²) in [6.45, 7) is 3.36. The highest BCUT2D eigenvalue weighted by molar-refractivity contribution is 6.23. The van der Waals surface area contributed by atoms with Gasteiger partial charge in [0.2, 0.25) is 5.91 Å². The van der Waals surface area contributed by atoms with Gasteiger partial charge in [0.15, 0.2) is 0 Å². The van der Waals surface area contributed by atoms with Gasteiger partial charge in [0.1, 0.15) is 6.04 Å². The van der Waals surface area contributed by atoms with Crippen molar-refractivity contribution < 1.29 is 19.2 Å². The number of anilines is 1. The summed E-state index contributed by atoms with van der Waals surface area (Å²) in [5, 5.41) is 5.63. The highest BCUT2D eigenvalue weighted by atomic mass is 16.2. The lowest BCUT2D eigenvalue weighted by molar-refractivity contribution is -0.119. The van der Waals surface area contributed by atoms with Crippen LogP contribution in [0.5, 0.6) is 0 Å². The van der Waals surface area contributed by atoms with Gasteiger partial charge in [0, 0.05) is 0 Å². The van der Waals surface area contributed by atoms with Crippen LogP contribution in [-0.4, -0.2) is 34.6 Å². The van der Waals surface area contributed by atoms with Crippen LogP contribution in [0.3, 0.4) is 0 Å². The third-order valence-corrected chi connectivity index (χ3v) is 5.67. The molecule has 1 heterocycles. The van der Waals surface area contributed by atoms with Gasteiger partial charge in [-0.2, -0.15) is 0 Å². The Morgan fingerprint density at radius 1 is 0.758 bits per heavy atom. The number of hydrogen-bond donors (Lipinski definition) is 2. The van der Waals surface area contributed by atoms with Crippen LogP contribution in [-0.2, 0) is 4.79 Å². The standard InChI is InChI=1S/C26H23N3O4/c1-16(18-10-4-3-5-11-18)27-24(31)21-14-8-9-15-22(21)28-23(30)17(2)29-25(32)19-12-6-7-13-20(19)26(29)33/h3-17H,1-2H3,(H,27,31)(H,28,30). The van der Waals surface area contributed by atoms with Crippen molar-refractivity contribution in [1.29, 1.82) is 0 Å². The summed E-state index contributed by atoms with van der Waals surface area (Å²) in [7, 11) is 0. The first-order valence-corrected chi connectivity index (χ1v) is 10.6. The first-order chi connectivity index (χ1) is 15.9. The van der Waals surface area contributed by atoms with Gasteiger partial charge in [0.05, 0.1) is 28.4 Å². The van der Waals surface area contributed by atoms with Crippen molar-refractivity contribution in [3.8, 4) is 0 Å². The quantitative estimate of drug-likeness (QED) is 0.569. The Kier molecular flexibility index (Phi) is 6.04. The smallest absolute Gasteiger partial charge is 0.262 e. The maximum absolute atomic E-state index is 13.0. The van der Waals surface area contributed by atoms with E-state index in [2.05, 4.69) is 10.6 Å². The van der Waals surface area contributed by atoms with Crippen molar-refractivity contribution in [2.75, 3.05) is 5.32 Å². The van der Waals surface area contributed by atoms with Gasteiger partial charge in [0.25, 0.3) is 17.7 Å². The van der Waals surface area contributed by atoms with E-state index in [4.69, 9.17) is 0 Å². The molecule has 0 aromatic heterocycles. The van der Waals surface area contributed by atoms with Crippen molar-refractivity contribution in [3.63, 3.8) is 0 Å². The Hall–Kier alpha value is -4.26. The molecule has 1 aliphatic rings. The number of nitrogens with one attached hydrogen (secondary N) is 2. The normalized spacial score (nSPS) is 14.4. The molecule has 0 bridgehead atoms. The van der Waals surface area contributed by atoms with Gasteiger partial charge in [-0.1, -0.05) is 54.6 Å². The number of nitrogens with zero attached hydrogens (tertiary/aromatic N) is 1. The molecule has 7 nitrogen and oxygen atoms in total. The second-order valence-electron chi connectivity index (χ2n) is 7.84. The molecular weight excluding hydrogens is 418 g/mol. The first-order valence-electron chi connectivity index (χ1n) is 10.6. The molecule has 0 fully saturated rings. The minimum Gasteiger partial charge on any atom is -0.345 e. The number of amides is 4. The van der Waals surface area contributed by atoms with Gasteiger partial charge < -0.3 is 10.6 Å². The van der Waals surface area contributed by atoms with Crippen molar-refractivity contribution in [1.82, 2.24) is 10.2 Å². The van der Waals surface area contributed by atoms with E-state index < -0.39 is 23.8 Å². The summed E-state index contributed by atoms with van der Waals surface area (Å²) in [5.41, 5.74) is 2.08. The largest absolute Gasteiger partial charge is 0.345 e. The van der Waals surface area contributed by atoms with Crippen molar-refractivity contribution >= 4 is 29.3 Å². The lowest BCUT2D eigenvalue weighted by Crippen LogP contribution is -2.45. The minimum atomic E-state index is -1.06. The van der Waals surface area contributed by atoms with Crippen LogP contribution < -0.4 is 10.6 Å². The molecule has 7 heteroatoms. The van der Waals surface area contributed by atoms with E-state index in [1.54, 1.807) is 48.5 Å². The van der Waals surface area contributed by atoms with E-state index in [1.807, 2.05) is 37.3 Å². The van der Waals surface area contributed by atoms with E-state index in [-0.39, 0.29) is 28.6 Å². The number of carbonyl (C=O) groups excluding carboxylic acids is 4. The molecule has 33 heavy (non-hydrogen) atoms. The molecule has 3 aromatic rings. The molecule has 0 saturated carbocycles. The minimum absolute atomic E-state index is 0.236. The molecule has 2 unspecified atom stereocenters.